The van der Waals surface area contributed by atoms with Gasteiger partial charge in [0.05, 0.1) is 37.1 Å². The Hall–Kier alpha value is -4.50. The first-order chi connectivity index (χ1) is 19.7. The number of nitrogens with zero attached hydrogens (tertiary/aromatic N) is 3. The van der Waals surface area contributed by atoms with Crippen molar-refractivity contribution in [1.82, 2.24) is 24.8 Å². The average molecular weight is 598 g/mol. The third kappa shape index (κ3) is 6.15. The number of nitrogens with one attached hydrogen (secondary N) is 2. The van der Waals surface area contributed by atoms with Crippen molar-refractivity contribution in [3.63, 3.8) is 0 Å². The van der Waals surface area contributed by atoms with E-state index in [9.17, 15) is 22.8 Å². The van der Waals surface area contributed by atoms with E-state index in [0.717, 1.165) is 10.6 Å². The van der Waals surface area contributed by atoms with Crippen molar-refractivity contribution in [3.8, 4) is 28.8 Å². The molecule has 3 N–H and O–H groups in total. The highest BCUT2D eigenvalue weighted by molar-refractivity contribution is 6.32. The number of fused-ring (bicyclic) bond motifs is 1. The SMILES string of the molecule is COc1ccc(F)c(F)c1COc1cc(-n2c(=O)[nH]c3c(OC)nc(CF)nc32)c(Cl)cc1OCC(=O)NCCO. The van der Waals surface area contributed by atoms with Crippen LogP contribution in [-0.2, 0) is 18.1 Å². The van der Waals surface area contributed by atoms with Crippen LogP contribution in [-0.4, -0.2) is 64.5 Å². The van der Waals surface area contributed by atoms with Gasteiger partial charge in [-0.2, -0.15) is 4.98 Å². The zero-order valence-corrected chi connectivity index (χ0v) is 22.4. The molecule has 2 heterocycles. The summed E-state index contributed by atoms with van der Waals surface area (Å²) in [6.45, 7) is -2.45. The van der Waals surface area contributed by atoms with Crippen LogP contribution in [0.5, 0.6) is 23.1 Å². The van der Waals surface area contributed by atoms with Crippen molar-refractivity contribution in [2.45, 2.75) is 13.3 Å². The monoisotopic (exact) mass is 597 g/mol. The van der Waals surface area contributed by atoms with Crippen molar-refractivity contribution < 1.29 is 42.0 Å². The number of alkyl halides is 1. The number of aliphatic hydroxyl groups excluding tert-OH is 1. The highest BCUT2D eigenvalue weighted by atomic mass is 35.5. The highest BCUT2D eigenvalue weighted by Gasteiger charge is 2.23. The third-order valence-electron chi connectivity index (χ3n) is 5.65. The highest BCUT2D eigenvalue weighted by Crippen LogP contribution is 2.37. The fourth-order valence-corrected chi connectivity index (χ4v) is 4.03. The van der Waals surface area contributed by atoms with Crippen LogP contribution in [0.15, 0.2) is 29.1 Å². The summed E-state index contributed by atoms with van der Waals surface area (Å²) in [4.78, 5) is 35.5. The van der Waals surface area contributed by atoms with Crippen LogP contribution < -0.4 is 30.0 Å². The minimum absolute atomic E-state index is 0.000619. The number of rotatable bonds is 12. The quantitative estimate of drug-likeness (QED) is 0.224. The Morgan fingerprint density at radius 1 is 1.12 bits per heavy atom. The van der Waals surface area contributed by atoms with Crippen LogP contribution in [0.25, 0.3) is 16.9 Å². The number of halogens is 4. The molecule has 0 atom stereocenters. The Labute approximate surface area is 234 Å². The van der Waals surface area contributed by atoms with Gasteiger partial charge in [-0.3, -0.25) is 9.78 Å². The normalized spacial score (nSPS) is 11.0. The number of ether oxygens (including phenoxy) is 4. The summed E-state index contributed by atoms with van der Waals surface area (Å²) in [5.41, 5.74) is -1.04. The molecule has 0 saturated carbocycles. The molecule has 1 amide bonds. The van der Waals surface area contributed by atoms with Crippen LogP contribution >= 0.6 is 11.6 Å². The predicted octanol–water partition coefficient (Wildman–Crippen LogP) is 2.59. The van der Waals surface area contributed by atoms with Gasteiger partial charge in [-0.1, -0.05) is 11.6 Å². The molecule has 2 aromatic carbocycles. The minimum Gasteiger partial charge on any atom is -0.496 e. The Morgan fingerprint density at radius 3 is 2.56 bits per heavy atom. The molecular weight excluding hydrogens is 575 g/mol. The molecule has 0 aliphatic heterocycles. The number of methoxy groups -OCH3 is 2. The second-order valence-corrected chi connectivity index (χ2v) is 8.60. The summed E-state index contributed by atoms with van der Waals surface area (Å²) >= 11 is 6.50. The molecule has 0 fully saturated rings. The van der Waals surface area contributed by atoms with E-state index in [-0.39, 0.29) is 69.5 Å². The molecule has 0 aliphatic rings. The van der Waals surface area contributed by atoms with Gasteiger partial charge in [0, 0.05) is 18.7 Å². The van der Waals surface area contributed by atoms with Crippen LogP contribution in [0.3, 0.4) is 0 Å². The van der Waals surface area contributed by atoms with Crippen LogP contribution in [0, 0.1) is 11.6 Å². The number of imidazole rings is 1. The van der Waals surface area contributed by atoms with Crippen molar-refractivity contribution in [3.05, 3.63) is 62.8 Å². The number of H-pyrrole nitrogens is 1. The maximum absolute atomic E-state index is 14.6. The molecule has 0 aliphatic carbocycles. The number of hydrogen-bond acceptors (Lipinski definition) is 9. The average Bonchev–Trinajstić information content (AvgIpc) is 3.30. The van der Waals surface area contributed by atoms with Crippen LogP contribution in [0.2, 0.25) is 5.02 Å². The Kier molecular flexibility index (Phi) is 9.19. The molecule has 41 heavy (non-hydrogen) atoms. The van der Waals surface area contributed by atoms with Gasteiger partial charge < -0.3 is 29.4 Å². The van der Waals surface area contributed by atoms with E-state index in [1.165, 1.54) is 32.4 Å². The van der Waals surface area contributed by atoms with E-state index >= 15 is 0 Å². The molecule has 4 aromatic rings. The smallest absolute Gasteiger partial charge is 0.332 e. The Balaban J connectivity index is 1.82. The first kappa shape index (κ1) is 29.5. The van der Waals surface area contributed by atoms with E-state index in [1.54, 1.807) is 0 Å². The lowest BCUT2D eigenvalue weighted by Gasteiger charge is -2.17. The zero-order valence-electron chi connectivity index (χ0n) is 21.6. The molecule has 12 nitrogen and oxygen atoms in total. The lowest BCUT2D eigenvalue weighted by molar-refractivity contribution is -0.123. The van der Waals surface area contributed by atoms with Gasteiger partial charge in [-0.05, 0) is 12.1 Å². The Morgan fingerprint density at radius 2 is 1.88 bits per heavy atom. The first-order valence-corrected chi connectivity index (χ1v) is 12.2. The number of aromatic nitrogens is 4. The minimum atomic E-state index is -1.21. The van der Waals surface area contributed by atoms with Gasteiger partial charge in [0.1, 0.15) is 24.5 Å². The van der Waals surface area contributed by atoms with E-state index in [0.29, 0.717) is 0 Å². The third-order valence-corrected chi connectivity index (χ3v) is 5.96. The van der Waals surface area contributed by atoms with Crippen molar-refractivity contribution in [2.75, 3.05) is 34.0 Å². The number of carbonyl (C=O) groups excluding carboxylic acids is 1. The molecule has 0 bridgehead atoms. The van der Waals surface area contributed by atoms with Gasteiger partial charge in [-0.25, -0.2) is 27.5 Å². The molecule has 218 valence electrons. The maximum atomic E-state index is 14.6. The second-order valence-electron chi connectivity index (χ2n) is 8.19. The standard InChI is InChI=1S/C25H23ClF3N5O7/c1-38-16-4-3-14(28)21(29)12(16)10-40-18-8-15(13(26)7-17(18)41-11-20(36)30-5-6-35)34-23-22(33-25(34)37)24(39-2)32-19(9-27)31-23/h3-4,7-8,35H,5-6,9-11H2,1-2H3,(H,30,36)(H,33,37). The number of aromatic amines is 1. The lowest BCUT2D eigenvalue weighted by atomic mass is 10.2. The number of carbonyl (C=O) groups is 1. The molecule has 16 heteroatoms. The van der Waals surface area contributed by atoms with E-state index in [2.05, 4.69) is 20.3 Å². The molecule has 2 aromatic heterocycles. The number of aliphatic hydroxyl groups is 1. The summed E-state index contributed by atoms with van der Waals surface area (Å²) in [6.07, 6.45) is 0. The van der Waals surface area contributed by atoms with E-state index < -0.39 is 43.1 Å². The summed E-state index contributed by atoms with van der Waals surface area (Å²) in [5.74, 6) is -3.53. The summed E-state index contributed by atoms with van der Waals surface area (Å²) < 4.78 is 64.6. The Bertz CT molecular complexity index is 1650. The van der Waals surface area contributed by atoms with Crippen LogP contribution in [0.4, 0.5) is 13.2 Å². The van der Waals surface area contributed by atoms with Crippen molar-refractivity contribution >= 4 is 28.7 Å². The topological polar surface area (TPSA) is 150 Å². The van der Waals surface area contributed by atoms with E-state index in [1.807, 2.05) is 0 Å². The zero-order chi connectivity index (χ0) is 29.7. The number of benzene rings is 2. The fourth-order valence-electron chi connectivity index (χ4n) is 3.79. The molecule has 0 spiro atoms. The largest absolute Gasteiger partial charge is 0.496 e. The van der Waals surface area contributed by atoms with Gasteiger partial charge in [0.15, 0.2) is 41.2 Å². The second kappa shape index (κ2) is 12.8. The number of amides is 1. The molecule has 0 saturated heterocycles. The van der Waals surface area contributed by atoms with Gasteiger partial charge >= 0.3 is 5.69 Å². The maximum Gasteiger partial charge on any atom is 0.332 e. The van der Waals surface area contributed by atoms with Crippen molar-refractivity contribution in [2.24, 2.45) is 0 Å². The summed E-state index contributed by atoms with van der Waals surface area (Å²) in [5, 5.41) is 11.2. The van der Waals surface area contributed by atoms with Gasteiger partial charge in [0.2, 0.25) is 5.88 Å². The molecule has 0 radical (unpaired) electrons. The van der Waals surface area contributed by atoms with Crippen molar-refractivity contribution in [1.29, 1.82) is 0 Å². The molecule has 4 rings (SSSR count). The predicted molar refractivity (Wildman–Crippen MR) is 139 cm³/mol. The first-order valence-electron chi connectivity index (χ1n) is 11.8. The van der Waals surface area contributed by atoms with Gasteiger partial charge in [-0.15, -0.1) is 0 Å². The summed E-state index contributed by atoms with van der Waals surface area (Å²) in [7, 11) is 2.54. The molecular formula is C25H23ClF3N5O7. The summed E-state index contributed by atoms with van der Waals surface area (Å²) in [6, 6.07) is 4.58. The number of hydrogen-bond donors (Lipinski definition) is 3. The van der Waals surface area contributed by atoms with E-state index in [4.69, 9.17) is 35.7 Å². The van der Waals surface area contributed by atoms with Gasteiger partial charge in [0.25, 0.3) is 5.91 Å². The lowest BCUT2D eigenvalue weighted by Crippen LogP contribution is -2.31. The molecule has 0 unspecified atom stereocenters. The van der Waals surface area contributed by atoms with Crippen LogP contribution in [0.1, 0.15) is 11.4 Å². The fraction of sp³-hybridized carbons (Fsp3) is 0.280.